The van der Waals surface area contributed by atoms with Crippen LogP contribution in [0, 0.1) is 0 Å². The molecule has 142 valence electrons. The maximum absolute atomic E-state index is 11.9. The third-order valence-electron chi connectivity index (χ3n) is 4.75. The number of piperazine rings is 1. The molecule has 0 saturated carbocycles. The molecular formula is C19H23N5O3. The normalized spacial score (nSPS) is 14.7. The second kappa shape index (κ2) is 7.30. The van der Waals surface area contributed by atoms with E-state index < -0.39 is 0 Å². The van der Waals surface area contributed by atoms with Crippen LogP contribution >= 0.6 is 0 Å². The van der Waals surface area contributed by atoms with E-state index >= 15 is 0 Å². The number of fused-ring (bicyclic) bond motifs is 3. The maximum atomic E-state index is 11.9. The highest BCUT2D eigenvalue weighted by molar-refractivity contribution is 6.08. The Labute approximate surface area is 157 Å². The van der Waals surface area contributed by atoms with Crippen LogP contribution < -0.4 is 9.64 Å². The first-order valence-electron chi connectivity index (χ1n) is 9.27. The summed E-state index contributed by atoms with van der Waals surface area (Å²) >= 11 is 0. The van der Waals surface area contributed by atoms with Gasteiger partial charge in [-0.1, -0.05) is 0 Å². The van der Waals surface area contributed by atoms with Crippen molar-refractivity contribution in [2.24, 2.45) is 0 Å². The van der Waals surface area contributed by atoms with Gasteiger partial charge in [-0.3, -0.25) is 0 Å². The molecule has 0 radical (unpaired) electrons. The Hall–Kier alpha value is -3.03. The summed E-state index contributed by atoms with van der Waals surface area (Å²) in [6.45, 7) is 7.42. The van der Waals surface area contributed by atoms with Crippen molar-refractivity contribution in [3.05, 3.63) is 24.5 Å². The van der Waals surface area contributed by atoms with E-state index in [0.717, 1.165) is 33.5 Å². The molecular weight excluding hydrogens is 346 g/mol. The molecule has 1 aliphatic rings. The molecule has 8 nitrogen and oxygen atoms in total. The first-order chi connectivity index (χ1) is 13.2. The number of H-pyrrole nitrogens is 1. The van der Waals surface area contributed by atoms with E-state index in [1.54, 1.807) is 11.2 Å². The number of amides is 1. The number of aromatic nitrogens is 3. The van der Waals surface area contributed by atoms with Gasteiger partial charge in [0.15, 0.2) is 5.82 Å². The molecule has 3 aromatic rings. The predicted molar refractivity (Wildman–Crippen MR) is 103 cm³/mol. The number of benzene rings is 1. The average Bonchev–Trinajstić information content (AvgIpc) is 3.07. The minimum Gasteiger partial charge on any atom is -0.494 e. The van der Waals surface area contributed by atoms with Gasteiger partial charge in [0.2, 0.25) is 0 Å². The molecule has 8 heteroatoms. The Kier molecular flexibility index (Phi) is 4.70. The van der Waals surface area contributed by atoms with Gasteiger partial charge in [0.1, 0.15) is 23.1 Å². The molecule has 1 aromatic carbocycles. The summed E-state index contributed by atoms with van der Waals surface area (Å²) in [4.78, 5) is 28.2. The van der Waals surface area contributed by atoms with Crippen LogP contribution in [0.1, 0.15) is 13.8 Å². The van der Waals surface area contributed by atoms with Crippen molar-refractivity contribution >= 4 is 33.8 Å². The molecule has 27 heavy (non-hydrogen) atoms. The van der Waals surface area contributed by atoms with Gasteiger partial charge in [-0.15, -0.1) is 0 Å². The van der Waals surface area contributed by atoms with Crippen LogP contribution in [-0.2, 0) is 4.74 Å². The fourth-order valence-corrected chi connectivity index (χ4v) is 3.47. The maximum Gasteiger partial charge on any atom is 0.409 e. The molecule has 0 bridgehead atoms. The first kappa shape index (κ1) is 17.4. The van der Waals surface area contributed by atoms with E-state index in [2.05, 4.69) is 19.9 Å². The molecule has 1 aliphatic heterocycles. The largest absolute Gasteiger partial charge is 0.494 e. The number of anilines is 1. The third kappa shape index (κ3) is 3.22. The third-order valence-corrected chi connectivity index (χ3v) is 4.75. The Bertz CT molecular complexity index is 963. The zero-order valence-electron chi connectivity index (χ0n) is 15.6. The summed E-state index contributed by atoms with van der Waals surface area (Å²) in [5, 5.41) is 1.02. The predicted octanol–water partition coefficient (Wildman–Crippen LogP) is 2.79. The zero-order valence-corrected chi connectivity index (χ0v) is 15.6. The highest BCUT2D eigenvalue weighted by Gasteiger charge is 2.24. The molecule has 0 unspecified atom stereocenters. The van der Waals surface area contributed by atoms with Crippen LogP contribution in [0.2, 0.25) is 0 Å². The number of aromatic amines is 1. The summed E-state index contributed by atoms with van der Waals surface area (Å²) in [6.07, 6.45) is 1.34. The van der Waals surface area contributed by atoms with Gasteiger partial charge in [-0.2, -0.15) is 0 Å². The van der Waals surface area contributed by atoms with Crippen molar-refractivity contribution < 1.29 is 14.3 Å². The number of ether oxygens (including phenoxy) is 2. The van der Waals surface area contributed by atoms with E-state index in [9.17, 15) is 4.79 Å². The van der Waals surface area contributed by atoms with Crippen LogP contribution in [-0.4, -0.2) is 65.3 Å². The summed E-state index contributed by atoms with van der Waals surface area (Å²) in [6, 6.07) is 5.96. The second-order valence-corrected chi connectivity index (χ2v) is 6.36. The van der Waals surface area contributed by atoms with Crippen molar-refractivity contribution in [1.29, 1.82) is 0 Å². The molecule has 3 heterocycles. The topological polar surface area (TPSA) is 83.6 Å². The number of rotatable bonds is 4. The lowest BCUT2D eigenvalue weighted by Gasteiger charge is -2.34. The monoisotopic (exact) mass is 369 g/mol. The van der Waals surface area contributed by atoms with E-state index in [1.165, 1.54) is 0 Å². The molecule has 4 rings (SSSR count). The number of nitrogens with zero attached hydrogens (tertiary/aromatic N) is 4. The van der Waals surface area contributed by atoms with Gasteiger partial charge in [0.25, 0.3) is 0 Å². The lowest BCUT2D eigenvalue weighted by Crippen LogP contribution is -2.49. The zero-order chi connectivity index (χ0) is 18.8. The second-order valence-electron chi connectivity index (χ2n) is 6.36. The van der Waals surface area contributed by atoms with E-state index in [-0.39, 0.29) is 6.09 Å². The van der Waals surface area contributed by atoms with Gasteiger partial charge in [0.05, 0.1) is 13.2 Å². The fraction of sp³-hybridized carbons (Fsp3) is 0.421. The fourth-order valence-electron chi connectivity index (χ4n) is 3.47. The first-order valence-corrected chi connectivity index (χ1v) is 9.27. The molecule has 1 amide bonds. The SMILES string of the molecule is CCOC(=O)N1CCN(c2ncnc3c2[nH]c2ccc(OCC)cc23)CC1. The number of carbonyl (C=O) groups is 1. The lowest BCUT2D eigenvalue weighted by molar-refractivity contribution is 0.105. The van der Waals surface area contributed by atoms with Crippen molar-refractivity contribution in [2.45, 2.75) is 13.8 Å². The van der Waals surface area contributed by atoms with Crippen molar-refractivity contribution in [3.63, 3.8) is 0 Å². The minimum atomic E-state index is -0.251. The molecule has 0 spiro atoms. The highest BCUT2D eigenvalue weighted by atomic mass is 16.6. The van der Waals surface area contributed by atoms with Crippen LogP contribution in [0.3, 0.4) is 0 Å². The van der Waals surface area contributed by atoms with Crippen LogP contribution in [0.25, 0.3) is 21.9 Å². The minimum absolute atomic E-state index is 0.251. The van der Waals surface area contributed by atoms with Gasteiger partial charge in [-0.05, 0) is 32.0 Å². The Morgan fingerprint density at radius 1 is 1.15 bits per heavy atom. The molecule has 0 aliphatic carbocycles. The number of hydrogen-bond donors (Lipinski definition) is 1. The number of nitrogens with one attached hydrogen (secondary N) is 1. The molecule has 1 fully saturated rings. The smallest absolute Gasteiger partial charge is 0.409 e. The summed E-state index contributed by atoms with van der Waals surface area (Å²) in [5.41, 5.74) is 2.79. The van der Waals surface area contributed by atoms with Gasteiger partial charge in [-0.25, -0.2) is 14.8 Å². The Morgan fingerprint density at radius 3 is 2.70 bits per heavy atom. The van der Waals surface area contributed by atoms with Crippen molar-refractivity contribution in [2.75, 3.05) is 44.3 Å². The molecule has 2 aromatic heterocycles. The molecule has 0 atom stereocenters. The Morgan fingerprint density at radius 2 is 1.96 bits per heavy atom. The lowest BCUT2D eigenvalue weighted by atomic mass is 10.2. The van der Waals surface area contributed by atoms with Gasteiger partial charge < -0.3 is 24.3 Å². The van der Waals surface area contributed by atoms with Crippen LogP contribution in [0.4, 0.5) is 10.6 Å². The summed E-state index contributed by atoms with van der Waals surface area (Å²) in [5.74, 6) is 1.69. The molecule has 1 saturated heterocycles. The average molecular weight is 369 g/mol. The van der Waals surface area contributed by atoms with E-state index in [4.69, 9.17) is 9.47 Å². The van der Waals surface area contributed by atoms with E-state index in [1.807, 2.05) is 32.0 Å². The van der Waals surface area contributed by atoms with Crippen LogP contribution in [0.15, 0.2) is 24.5 Å². The number of hydrogen-bond acceptors (Lipinski definition) is 6. The van der Waals surface area contributed by atoms with Crippen LogP contribution in [0.5, 0.6) is 5.75 Å². The van der Waals surface area contributed by atoms with Gasteiger partial charge >= 0.3 is 6.09 Å². The Balaban J connectivity index is 1.63. The summed E-state index contributed by atoms with van der Waals surface area (Å²) in [7, 11) is 0. The highest BCUT2D eigenvalue weighted by Crippen LogP contribution is 2.31. The van der Waals surface area contributed by atoms with Crippen molar-refractivity contribution in [3.8, 4) is 5.75 Å². The standard InChI is InChI=1S/C19H23N5O3/c1-3-26-13-5-6-15-14(11-13)16-17(22-15)18(21-12-20-16)23-7-9-24(10-8-23)19(25)27-4-2/h5-6,11-12,22H,3-4,7-10H2,1-2H3. The quantitative estimate of drug-likeness (QED) is 0.761. The summed E-state index contributed by atoms with van der Waals surface area (Å²) < 4.78 is 10.7. The molecule has 1 N–H and O–H groups in total. The van der Waals surface area contributed by atoms with Crippen molar-refractivity contribution in [1.82, 2.24) is 19.9 Å². The number of carbonyl (C=O) groups excluding carboxylic acids is 1. The van der Waals surface area contributed by atoms with E-state index in [0.29, 0.717) is 39.4 Å². The van der Waals surface area contributed by atoms with Gasteiger partial charge in [0, 0.05) is 37.1 Å².